The third-order valence-corrected chi connectivity index (χ3v) is 28.0. The molecule has 2 heteroatoms. The summed E-state index contributed by atoms with van der Waals surface area (Å²) in [5.74, 6) is 0. The third-order valence-electron chi connectivity index (χ3n) is 28.0. The van der Waals surface area contributed by atoms with Crippen LogP contribution in [0, 0.1) is 0 Å². The molecule has 4 aliphatic rings. The standard InChI is InChI=1S/C112H116N2/c1-9-13-17-21-35-67-111(68-36-22-18-14-10-2)97-45-33-31-43-87(97)93-59-51-81(73-103(93)111)79-49-57-89-91-63-55-85(75-101(91)109(5,6)99(89)71-79)113(83-39-27-25-28-40-83)105-65-53-77-48-62-96-106(66-54-78-47-61-95(105)107(77)108(78)96)114(84-41-29-26-30-42-84)86-56-64-92-90-58-50-80(72-100(90)110(7,8)102(92)76-86)82-52-60-94-88-44-32-34-46-98(88)112(104(94)74-82,69-37-23-19-15-11-3)70-38-24-20-16-12-4/h25-34,39-66,71-76H,9-24,35-38,67-70H2,1-8H3. The molecule has 18 rings (SSSR count). The monoisotopic (exact) mass is 1490 g/mol. The highest BCUT2D eigenvalue weighted by atomic mass is 15.2. The fourth-order valence-electron chi connectivity index (χ4n) is 22.0. The van der Waals surface area contributed by atoms with Gasteiger partial charge in [0.2, 0.25) is 0 Å². The molecule has 2 nitrogen and oxygen atoms in total. The first-order chi connectivity index (χ1) is 55.9. The lowest BCUT2D eigenvalue weighted by atomic mass is 9.70. The maximum Gasteiger partial charge on any atom is 0.0540 e. The molecule has 0 aromatic heterocycles. The van der Waals surface area contributed by atoms with E-state index in [0.29, 0.717) is 0 Å². The van der Waals surface area contributed by atoms with Gasteiger partial charge in [-0.15, -0.1) is 0 Å². The van der Waals surface area contributed by atoms with Gasteiger partial charge < -0.3 is 9.80 Å². The first-order valence-corrected chi connectivity index (χ1v) is 44.4. The van der Waals surface area contributed by atoms with Crippen molar-refractivity contribution < 1.29 is 0 Å². The van der Waals surface area contributed by atoms with E-state index in [1.165, 1.54) is 287 Å². The Balaban J connectivity index is 0.679. The van der Waals surface area contributed by atoms with Crippen LogP contribution in [0.3, 0.4) is 0 Å². The largest absolute Gasteiger partial charge is 0.310 e. The Morgan fingerprint density at radius 2 is 0.500 bits per heavy atom. The van der Waals surface area contributed by atoms with Crippen LogP contribution >= 0.6 is 0 Å². The summed E-state index contributed by atoms with van der Waals surface area (Å²) < 4.78 is 0. The second-order valence-electron chi connectivity index (χ2n) is 35.6. The molecule has 4 aliphatic carbocycles. The van der Waals surface area contributed by atoms with Gasteiger partial charge in [0.15, 0.2) is 0 Å². The van der Waals surface area contributed by atoms with Gasteiger partial charge in [0.1, 0.15) is 0 Å². The summed E-state index contributed by atoms with van der Waals surface area (Å²) in [5, 5.41) is 7.52. The van der Waals surface area contributed by atoms with Crippen LogP contribution in [0.15, 0.2) is 267 Å². The van der Waals surface area contributed by atoms with Crippen molar-refractivity contribution in [2.24, 2.45) is 0 Å². The summed E-state index contributed by atoms with van der Waals surface area (Å²) >= 11 is 0. The second-order valence-corrected chi connectivity index (χ2v) is 35.6. The molecule has 14 aromatic carbocycles. The number of hydrogen-bond acceptors (Lipinski definition) is 2. The SMILES string of the molecule is CCCCCCCC1(CCCCCCC)c2ccccc2-c2ccc(-c3ccc4c(c3)C(C)(C)c3cc(N(c5ccccc5)c5ccc6ccc7c(N(c8ccccc8)c8ccc9c(c8)C(C)(C)c8cc(-c%10ccc%11c(c%10)C(CCCCCCC)(CCCCCCC)c%10ccccc%10-%11)ccc8-9)ccc8ccc5c6c87)ccc3-4)cc21. The van der Waals surface area contributed by atoms with Crippen molar-refractivity contribution in [1.29, 1.82) is 0 Å². The molecule has 0 unspecified atom stereocenters. The van der Waals surface area contributed by atoms with Crippen molar-refractivity contribution in [2.75, 3.05) is 9.80 Å². The molecule has 0 fully saturated rings. The molecule has 114 heavy (non-hydrogen) atoms. The summed E-state index contributed by atoms with van der Waals surface area (Å²) in [7, 11) is 0. The number of rotatable bonds is 32. The summed E-state index contributed by atoms with van der Waals surface area (Å²) in [6.45, 7) is 19.2. The van der Waals surface area contributed by atoms with E-state index < -0.39 is 0 Å². The van der Waals surface area contributed by atoms with Gasteiger partial charge in [-0.05, 0) is 243 Å². The molecule has 0 spiro atoms. The summed E-state index contributed by atoms with van der Waals surface area (Å²) in [6, 6.07) is 105. The number of para-hydroxylation sites is 2. The van der Waals surface area contributed by atoms with E-state index in [1.54, 1.807) is 22.3 Å². The van der Waals surface area contributed by atoms with Crippen LogP contribution < -0.4 is 9.80 Å². The molecule has 0 amide bonds. The number of hydrogen-bond donors (Lipinski definition) is 0. The lowest BCUT2D eigenvalue weighted by Crippen LogP contribution is -2.25. The Morgan fingerprint density at radius 3 is 0.851 bits per heavy atom. The second kappa shape index (κ2) is 31.5. The molecule has 0 N–H and O–H groups in total. The number of unbranched alkanes of at least 4 members (excludes halogenated alkanes) is 16. The van der Waals surface area contributed by atoms with Gasteiger partial charge in [0.05, 0.1) is 11.4 Å². The zero-order valence-electron chi connectivity index (χ0n) is 69.3. The third kappa shape index (κ3) is 13.0. The Bertz CT molecular complexity index is 5460. The highest BCUT2D eigenvalue weighted by Gasteiger charge is 2.45. The fourth-order valence-corrected chi connectivity index (χ4v) is 22.0. The van der Waals surface area contributed by atoms with Gasteiger partial charge in [-0.25, -0.2) is 0 Å². The maximum atomic E-state index is 2.64. The molecule has 0 heterocycles. The Hall–Kier alpha value is -10.3. The highest BCUT2D eigenvalue weighted by molar-refractivity contribution is 6.28. The molecular formula is C112H116N2. The first-order valence-electron chi connectivity index (χ1n) is 44.4. The zero-order valence-corrected chi connectivity index (χ0v) is 69.3. The van der Waals surface area contributed by atoms with E-state index >= 15 is 0 Å². The Kier molecular flexibility index (Phi) is 20.7. The maximum absolute atomic E-state index is 2.64. The van der Waals surface area contributed by atoms with Crippen LogP contribution in [0.4, 0.5) is 34.1 Å². The number of anilines is 6. The van der Waals surface area contributed by atoms with Crippen LogP contribution in [0.2, 0.25) is 0 Å². The van der Waals surface area contributed by atoms with Crippen LogP contribution in [-0.2, 0) is 21.7 Å². The van der Waals surface area contributed by atoms with Crippen molar-refractivity contribution in [2.45, 2.75) is 231 Å². The van der Waals surface area contributed by atoms with E-state index in [-0.39, 0.29) is 21.7 Å². The number of benzene rings is 14. The zero-order chi connectivity index (χ0) is 77.7. The molecule has 0 saturated carbocycles. The molecular weight excluding hydrogens is 1370 g/mol. The summed E-state index contributed by atoms with van der Waals surface area (Å²) in [4.78, 5) is 5.07. The summed E-state index contributed by atoms with van der Waals surface area (Å²) in [6.07, 6.45) is 30.9. The van der Waals surface area contributed by atoms with Gasteiger partial charge in [-0.2, -0.15) is 0 Å². The average molecular weight is 1490 g/mol. The molecule has 0 aliphatic heterocycles. The first kappa shape index (κ1) is 75.1. The van der Waals surface area contributed by atoms with Crippen LogP contribution in [0.1, 0.15) is 254 Å². The molecule has 0 saturated heterocycles. The van der Waals surface area contributed by atoms with E-state index in [2.05, 4.69) is 332 Å². The van der Waals surface area contributed by atoms with Crippen molar-refractivity contribution in [3.63, 3.8) is 0 Å². The van der Waals surface area contributed by atoms with Crippen molar-refractivity contribution in [3.8, 4) is 66.8 Å². The molecule has 0 atom stereocenters. The van der Waals surface area contributed by atoms with Crippen LogP contribution in [0.5, 0.6) is 0 Å². The minimum atomic E-state index is -0.260. The topological polar surface area (TPSA) is 6.48 Å². The average Bonchev–Trinajstić information content (AvgIpc) is 1.27. The Labute approximate surface area is 681 Å². The van der Waals surface area contributed by atoms with Gasteiger partial charge in [0.25, 0.3) is 0 Å². The fraction of sp³-hybridized carbons (Fsp3) is 0.321. The minimum absolute atomic E-state index is 0.0341. The van der Waals surface area contributed by atoms with Crippen molar-refractivity contribution in [1.82, 2.24) is 0 Å². The normalized spacial score (nSPS) is 14.6. The molecule has 14 aromatic rings. The smallest absolute Gasteiger partial charge is 0.0540 e. The van der Waals surface area contributed by atoms with Gasteiger partial charge in [0, 0.05) is 55.2 Å². The van der Waals surface area contributed by atoms with Crippen LogP contribution in [-0.4, -0.2) is 0 Å². The van der Waals surface area contributed by atoms with Gasteiger partial charge in [-0.3, -0.25) is 0 Å². The minimum Gasteiger partial charge on any atom is -0.310 e. The van der Waals surface area contributed by atoms with E-state index in [9.17, 15) is 0 Å². The van der Waals surface area contributed by atoms with Crippen LogP contribution in [0.25, 0.3) is 99.1 Å². The lowest BCUT2D eigenvalue weighted by molar-refractivity contribution is 0.399. The quantitative estimate of drug-likeness (QED) is 0.0306. The lowest BCUT2D eigenvalue weighted by Gasteiger charge is -2.33. The van der Waals surface area contributed by atoms with Crippen molar-refractivity contribution >= 4 is 66.4 Å². The van der Waals surface area contributed by atoms with Crippen molar-refractivity contribution in [3.05, 3.63) is 311 Å². The van der Waals surface area contributed by atoms with E-state index in [4.69, 9.17) is 0 Å². The Morgan fingerprint density at radius 1 is 0.219 bits per heavy atom. The predicted molar refractivity (Wildman–Crippen MR) is 491 cm³/mol. The number of fused-ring (bicyclic) bond motifs is 12. The van der Waals surface area contributed by atoms with Gasteiger partial charge in [-0.1, -0.05) is 366 Å². The van der Waals surface area contributed by atoms with E-state index in [0.717, 1.165) is 22.7 Å². The predicted octanol–water partition coefficient (Wildman–Crippen LogP) is 33.4. The van der Waals surface area contributed by atoms with E-state index in [1.807, 2.05) is 0 Å². The highest BCUT2D eigenvalue weighted by Crippen LogP contribution is 2.60. The van der Waals surface area contributed by atoms with Gasteiger partial charge >= 0.3 is 0 Å². The molecule has 574 valence electrons. The summed E-state index contributed by atoms with van der Waals surface area (Å²) in [5.41, 5.74) is 34.7. The molecule has 0 bridgehead atoms. The number of nitrogens with zero attached hydrogens (tertiary/aromatic N) is 2. The molecule has 0 radical (unpaired) electrons.